The first-order chi connectivity index (χ1) is 7.58. The number of amides is 1. The van der Waals surface area contributed by atoms with Crippen LogP contribution < -0.4 is 5.01 Å². The van der Waals surface area contributed by atoms with Crippen LogP contribution in [0.25, 0.3) is 0 Å². The quantitative estimate of drug-likeness (QED) is 0.737. The van der Waals surface area contributed by atoms with Crippen molar-refractivity contribution in [2.75, 3.05) is 5.01 Å². The summed E-state index contributed by atoms with van der Waals surface area (Å²) in [4.78, 5) is 11.7. The van der Waals surface area contributed by atoms with Gasteiger partial charge in [-0.15, -0.1) is 0 Å². The first kappa shape index (κ1) is 11.1. The van der Waals surface area contributed by atoms with Gasteiger partial charge in [0.05, 0.1) is 5.69 Å². The second-order valence-electron chi connectivity index (χ2n) is 3.97. The number of nitrogens with zero attached hydrogens (tertiary/aromatic N) is 2. The second kappa shape index (κ2) is 4.26. The van der Waals surface area contributed by atoms with E-state index in [-0.39, 0.29) is 5.91 Å². The van der Waals surface area contributed by atoms with Gasteiger partial charge in [-0.3, -0.25) is 4.79 Å². The number of anilines is 1. The van der Waals surface area contributed by atoms with Crippen LogP contribution in [0.4, 0.5) is 5.69 Å². The number of hydrogen-bond donors (Lipinski definition) is 0. The average molecular weight is 237 g/mol. The third kappa shape index (κ3) is 2.09. The van der Waals surface area contributed by atoms with Crippen molar-refractivity contribution in [1.82, 2.24) is 0 Å². The number of carbonyl (C=O) groups is 1. The second-order valence-corrected chi connectivity index (χ2v) is 4.38. The number of carbonyl (C=O) groups excluding carboxylic acids is 1. The van der Waals surface area contributed by atoms with Gasteiger partial charge in [-0.05, 0) is 38.0 Å². The molecule has 0 unspecified atom stereocenters. The Kier molecular flexibility index (Phi) is 2.97. The van der Waals surface area contributed by atoms with Crippen molar-refractivity contribution in [2.45, 2.75) is 26.7 Å². The van der Waals surface area contributed by atoms with Crippen molar-refractivity contribution < 1.29 is 4.79 Å². The maximum Gasteiger partial charge on any atom is 0.247 e. The van der Waals surface area contributed by atoms with Gasteiger partial charge in [0.1, 0.15) is 0 Å². The number of hydrazone groups is 1. The van der Waals surface area contributed by atoms with Gasteiger partial charge >= 0.3 is 0 Å². The van der Waals surface area contributed by atoms with Crippen LogP contribution in [0, 0.1) is 6.92 Å². The van der Waals surface area contributed by atoms with Crippen LogP contribution in [0.5, 0.6) is 0 Å². The molecule has 1 aliphatic rings. The summed E-state index contributed by atoms with van der Waals surface area (Å²) >= 11 is 6.03. The summed E-state index contributed by atoms with van der Waals surface area (Å²) in [6.45, 7) is 3.86. The molecule has 1 aromatic carbocycles. The number of benzene rings is 1. The Hall–Kier alpha value is -1.35. The van der Waals surface area contributed by atoms with E-state index in [4.69, 9.17) is 11.6 Å². The predicted octanol–water partition coefficient (Wildman–Crippen LogP) is 3.15. The number of aryl methyl sites for hydroxylation is 1. The van der Waals surface area contributed by atoms with Gasteiger partial charge in [-0.2, -0.15) is 5.10 Å². The van der Waals surface area contributed by atoms with E-state index in [1.807, 2.05) is 26.0 Å². The lowest BCUT2D eigenvalue weighted by molar-refractivity contribution is -0.118. The van der Waals surface area contributed by atoms with Crippen molar-refractivity contribution in [3.8, 4) is 0 Å². The van der Waals surface area contributed by atoms with Crippen LogP contribution in [0.2, 0.25) is 5.02 Å². The summed E-state index contributed by atoms with van der Waals surface area (Å²) in [6.07, 6.45) is 1.26. The molecule has 4 heteroatoms. The molecule has 0 atom stereocenters. The van der Waals surface area contributed by atoms with Crippen LogP contribution >= 0.6 is 11.6 Å². The molecular formula is C12H13ClN2O. The van der Waals surface area contributed by atoms with Gasteiger partial charge in [-0.1, -0.05) is 17.7 Å². The van der Waals surface area contributed by atoms with Gasteiger partial charge in [0.15, 0.2) is 0 Å². The monoisotopic (exact) mass is 236 g/mol. The van der Waals surface area contributed by atoms with Gasteiger partial charge in [-0.25, -0.2) is 5.01 Å². The molecule has 0 aliphatic carbocycles. The molecule has 0 saturated carbocycles. The molecule has 0 spiro atoms. The summed E-state index contributed by atoms with van der Waals surface area (Å²) in [5.41, 5.74) is 2.70. The summed E-state index contributed by atoms with van der Waals surface area (Å²) in [7, 11) is 0. The standard InChI is InChI=1S/C12H13ClN2O/c1-8-3-5-10(7-11(8)13)15-12(16)6-4-9(2)14-15/h3,5,7H,4,6H2,1-2H3. The number of rotatable bonds is 1. The fraction of sp³-hybridized carbons (Fsp3) is 0.333. The molecule has 1 aromatic rings. The van der Waals surface area contributed by atoms with E-state index in [0.29, 0.717) is 11.4 Å². The zero-order valence-corrected chi connectivity index (χ0v) is 10.1. The summed E-state index contributed by atoms with van der Waals surface area (Å²) in [5.74, 6) is 0.0190. The summed E-state index contributed by atoms with van der Waals surface area (Å²) in [5, 5.41) is 6.34. The molecule has 0 bridgehead atoms. The van der Waals surface area contributed by atoms with Crippen LogP contribution in [0.1, 0.15) is 25.3 Å². The Bertz CT molecular complexity index is 468. The Morgan fingerprint density at radius 3 is 2.75 bits per heavy atom. The lowest BCUT2D eigenvalue weighted by atomic mass is 10.1. The van der Waals surface area contributed by atoms with Gasteiger partial charge in [0, 0.05) is 17.2 Å². The number of halogens is 1. The van der Waals surface area contributed by atoms with Gasteiger partial charge in [0.2, 0.25) is 5.91 Å². The zero-order chi connectivity index (χ0) is 11.7. The van der Waals surface area contributed by atoms with E-state index in [0.717, 1.165) is 23.4 Å². The zero-order valence-electron chi connectivity index (χ0n) is 9.33. The van der Waals surface area contributed by atoms with Crippen LogP contribution in [-0.2, 0) is 4.79 Å². The van der Waals surface area contributed by atoms with Crippen molar-refractivity contribution in [3.05, 3.63) is 28.8 Å². The van der Waals surface area contributed by atoms with E-state index in [9.17, 15) is 4.79 Å². The predicted molar refractivity (Wildman–Crippen MR) is 66.0 cm³/mol. The van der Waals surface area contributed by atoms with E-state index in [2.05, 4.69) is 5.10 Å². The van der Waals surface area contributed by atoms with Crippen molar-refractivity contribution in [2.24, 2.45) is 5.10 Å². The third-order valence-corrected chi connectivity index (χ3v) is 3.01. The van der Waals surface area contributed by atoms with E-state index < -0.39 is 0 Å². The fourth-order valence-electron chi connectivity index (χ4n) is 1.59. The smallest absolute Gasteiger partial charge is 0.247 e. The van der Waals surface area contributed by atoms with Gasteiger partial charge in [0.25, 0.3) is 0 Å². The lowest BCUT2D eigenvalue weighted by Gasteiger charge is -2.22. The minimum atomic E-state index is 0.0190. The molecule has 2 rings (SSSR count). The Labute approximate surface area is 99.7 Å². The molecule has 0 aromatic heterocycles. The van der Waals surface area contributed by atoms with Crippen LogP contribution in [0.15, 0.2) is 23.3 Å². The highest BCUT2D eigenvalue weighted by Crippen LogP contribution is 2.25. The summed E-state index contributed by atoms with van der Waals surface area (Å²) in [6, 6.07) is 5.53. The van der Waals surface area contributed by atoms with Gasteiger partial charge < -0.3 is 0 Å². The van der Waals surface area contributed by atoms with Crippen LogP contribution in [0.3, 0.4) is 0 Å². The molecule has 1 aliphatic heterocycles. The average Bonchev–Trinajstić information content (AvgIpc) is 2.26. The van der Waals surface area contributed by atoms with Crippen LogP contribution in [-0.4, -0.2) is 11.6 Å². The third-order valence-electron chi connectivity index (χ3n) is 2.61. The maximum absolute atomic E-state index is 11.7. The minimum Gasteiger partial charge on any atom is -0.273 e. The fourth-order valence-corrected chi connectivity index (χ4v) is 1.76. The largest absolute Gasteiger partial charge is 0.273 e. The Morgan fingerprint density at radius 1 is 1.31 bits per heavy atom. The Morgan fingerprint density at radius 2 is 2.06 bits per heavy atom. The van der Waals surface area contributed by atoms with Crippen molar-refractivity contribution >= 4 is 28.9 Å². The molecule has 1 heterocycles. The molecule has 0 radical (unpaired) electrons. The highest BCUT2D eigenvalue weighted by Gasteiger charge is 2.20. The molecule has 3 nitrogen and oxygen atoms in total. The summed E-state index contributed by atoms with van der Waals surface area (Å²) < 4.78 is 0. The highest BCUT2D eigenvalue weighted by atomic mass is 35.5. The van der Waals surface area contributed by atoms with E-state index >= 15 is 0 Å². The topological polar surface area (TPSA) is 32.7 Å². The first-order valence-corrected chi connectivity index (χ1v) is 5.59. The Balaban J connectivity index is 2.39. The molecular weight excluding hydrogens is 224 g/mol. The minimum absolute atomic E-state index is 0.0190. The molecule has 0 fully saturated rings. The molecule has 1 amide bonds. The molecule has 16 heavy (non-hydrogen) atoms. The lowest BCUT2D eigenvalue weighted by Crippen LogP contribution is -2.30. The molecule has 0 N–H and O–H groups in total. The molecule has 0 saturated heterocycles. The molecule has 84 valence electrons. The van der Waals surface area contributed by atoms with E-state index in [1.165, 1.54) is 5.01 Å². The van der Waals surface area contributed by atoms with Crippen molar-refractivity contribution in [1.29, 1.82) is 0 Å². The van der Waals surface area contributed by atoms with Crippen molar-refractivity contribution in [3.63, 3.8) is 0 Å². The maximum atomic E-state index is 11.7. The SMILES string of the molecule is CC1=NN(c2ccc(C)c(Cl)c2)C(=O)CC1. The highest BCUT2D eigenvalue weighted by molar-refractivity contribution is 6.31. The first-order valence-electron chi connectivity index (χ1n) is 5.21. The number of hydrogen-bond acceptors (Lipinski definition) is 2. The normalized spacial score (nSPS) is 16.3. The van der Waals surface area contributed by atoms with E-state index in [1.54, 1.807) is 6.07 Å².